The Bertz CT molecular complexity index is 710. The molecule has 2 rings (SSSR count). The van der Waals surface area contributed by atoms with Crippen LogP contribution in [0.1, 0.15) is 0 Å². The Morgan fingerprint density at radius 2 is 1.70 bits per heavy atom. The lowest BCUT2D eigenvalue weighted by atomic mass is 10.2. The molecule has 0 atom stereocenters. The zero-order chi connectivity index (χ0) is 14.8. The molecule has 0 saturated carbocycles. The Labute approximate surface area is 118 Å². The second-order valence-corrected chi connectivity index (χ2v) is 6.43. The van der Waals surface area contributed by atoms with E-state index < -0.39 is 9.84 Å². The lowest BCUT2D eigenvalue weighted by Crippen LogP contribution is -1.98. The van der Waals surface area contributed by atoms with Crippen LogP contribution in [0, 0.1) is 0 Å². The average Bonchev–Trinajstić information content (AvgIpc) is 2.37. The second-order valence-electron chi connectivity index (χ2n) is 4.42. The number of benzene rings is 2. The molecule has 0 unspecified atom stereocenters. The van der Waals surface area contributed by atoms with Crippen molar-refractivity contribution in [2.75, 3.05) is 24.4 Å². The van der Waals surface area contributed by atoms with Crippen LogP contribution in [0.25, 0.3) is 0 Å². The van der Waals surface area contributed by atoms with E-state index in [1.165, 1.54) is 6.26 Å². The summed E-state index contributed by atoms with van der Waals surface area (Å²) in [4.78, 5) is 0.285. The lowest BCUT2D eigenvalue weighted by molar-refractivity contribution is 0.415. The topological polar surface area (TPSA) is 81.4 Å². The Hall–Kier alpha value is -2.21. The molecule has 0 amide bonds. The Kier molecular flexibility index (Phi) is 3.85. The van der Waals surface area contributed by atoms with E-state index >= 15 is 0 Å². The van der Waals surface area contributed by atoms with Crippen LogP contribution in [0.5, 0.6) is 5.75 Å². The van der Waals surface area contributed by atoms with Gasteiger partial charge in [-0.1, -0.05) is 0 Å². The van der Waals surface area contributed by atoms with Crippen molar-refractivity contribution in [1.82, 2.24) is 0 Å². The summed E-state index contributed by atoms with van der Waals surface area (Å²) in [6.07, 6.45) is 1.18. The summed E-state index contributed by atoms with van der Waals surface area (Å²) in [7, 11) is -1.61. The number of nitrogens with one attached hydrogen (secondary N) is 1. The van der Waals surface area contributed by atoms with E-state index in [0.29, 0.717) is 11.4 Å². The summed E-state index contributed by atoms with van der Waals surface area (Å²) in [6, 6.07) is 11.8. The molecule has 0 bridgehead atoms. The first-order chi connectivity index (χ1) is 9.38. The van der Waals surface area contributed by atoms with Gasteiger partial charge in [0.25, 0.3) is 0 Å². The number of sulfone groups is 1. The first kappa shape index (κ1) is 14.2. The van der Waals surface area contributed by atoms with Crippen molar-refractivity contribution in [2.45, 2.75) is 4.90 Å². The highest BCUT2D eigenvalue weighted by molar-refractivity contribution is 7.90. The molecule has 0 aliphatic heterocycles. The van der Waals surface area contributed by atoms with Crippen molar-refractivity contribution < 1.29 is 13.2 Å². The number of hydrogen-bond donors (Lipinski definition) is 2. The molecule has 2 aromatic carbocycles. The molecule has 0 aliphatic carbocycles. The van der Waals surface area contributed by atoms with E-state index in [2.05, 4.69) is 5.32 Å². The maximum absolute atomic E-state index is 11.4. The van der Waals surface area contributed by atoms with Crippen LogP contribution in [-0.4, -0.2) is 21.8 Å². The van der Waals surface area contributed by atoms with Crippen molar-refractivity contribution in [3.63, 3.8) is 0 Å². The smallest absolute Gasteiger partial charge is 0.175 e. The van der Waals surface area contributed by atoms with Gasteiger partial charge in [-0.2, -0.15) is 0 Å². The minimum absolute atomic E-state index is 0.285. The molecule has 0 aliphatic rings. The van der Waals surface area contributed by atoms with Crippen molar-refractivity contribution >= 4 is 26.9 Å². The summed E-state index contributed by atoms with van der Waals surface area (Å²) in [5, 5.41) is 3.14. The van der Waals surface area contributed by atoms with Gasteiger partial charge in [0.15, 0.2) is 9.84 Å². The molecule has 6 heteroatoms. The number of ether oxygens (including phenoxy) is 1. The number of nitrogens with two attached hydrogens (primary N) is 1. The van der Waals surface area contributed by atoms with Crippen molar-refractivity contribution in [2.24, 2.45) is 0 Å². The first-order valence-corrected chi connectivity index (χ1v) is 7.79. The zero-order valence-electron chi connectivity index (χ0n) is 11.3. The van der Waals surface area contributed by atoms with E-state index in [0.717, 1.165) is 11.4 Å². The highest BCUT2D eigenvalue weighted by atomic mass is 32.2. The van der Waals surface area contributed by atoms with Gasteiger partial charge in [0, 0.05) is 35.5 Å². The van der Waals surface area contributed by atoms with Crippen LogP contribution in [0.4, 0.5) is 17.1 Å². The molecule has 0 fully saturated rings. The van der Waals surface area contributed by atoms with Crippen LogP contribution >= 0.6 is 0 Å². The maximum atomic E-state index is 11.4. The molecule has 0 aromatic heterocycles. The van der Waals surface area contributed by atoms with Crippen LogP contribution < -0.4 is 15.8 Å². The lowest BCUT2D eigenvalue weighted by Gasteiger charge is -2.10. The number of nitrogen functional groups attached to an aromatic ring is 1. The van der Waals surface area contributed by atoms with Gasteiger partial charge in [-0.15, -0.1) is 0 Å². The molecule has 5 nitrogen and oxygen atoms in total. The zero-order valence-corrected chi connectivity index (χ0v) is 12.1. The summed E-state index contributed by atoms with van der Waals surface area (Å²) < 4.78 is 27.9. The van der Waals surface area contributed by atoms with E-state index in [4.69, 9.17) is 10.5 Å². The fourth-order valence-electron chi connectivity index (χ4n) is 1.76. The molecular weight excluding hydrogens is 276 g/mol. The summed E-state index contributed by atoms with van der Waals surface area (Å²) in [5.74, 6) is 0.653. The van der Waals surface area contributed by atoms with E-state index in [9.17, 15) is 8.42 Å². The number of rotatable bonds is 4. The first-order valence-electron chi connectivity index (χ1n) is 5.90. The van der Waals surface area contributed by atoms with Gasteiger partial charge in [-0.05, 0) is 30.3 Å². The van der Waals surface area contributed by atoms with Gasteiger partial charge in [0.05, 0.1) is 12.0 Å². The largest absolute Gasteiger partial charge is 0.497 e. The van der Waals surface area contributed by atoms with Crippen LogP contribution in [0.2, 0.25) is 0 Å². The van der Waals surface area contributed by atoms with Gasteiger partial charge in [0.1, 0.15) is 5.75 Å². The molecule has 106 valence electrons. The molecule has 20 heavy (non-hydrogen) atoms. The standard InChI is InChI=1S/C14H16N2O3S/c1-19-13-8-10(15)7-12(9-13)16-11-3-5-14(6-4-11)20(2,17)18/h3-9,16H,15H2,1-2H3. The van der Waals surface area contributed by atoms with E-state index in [1.807, 2.05) is 0 Å². The third kappa shape index (κ3) is 3.42. The fourth-order valence-corrected chi connectivity index (χ4v) is 2.39. The summed E-state index contributed by atoms with van der Waals surface area (Å²) in [5.41, 5.74) is 7.89. The Balaban J connectivity index is 2.24. The normalized spacial score (nSPS) is 11.1. The molecule has 2 aromatic rings. The van der Waals surface area contributed by atoms with Crippen LogP contribution in [0.3, 0.4) is 0 Å². The Morgan fingerprint density at radius 3 is 2.25 bits per heavy atom. The van der Waals surface area contributed by atoms with Crippen LogP contribution in [0.15, 0.2) is 47.4 Å². The SMILES string of the molecule is COc1cc(N)cc(Nc2ccc(S(C)(=O)=O)cc2)c1. The number of methoxy groups -OCH3 is 1. The molecule has 0 spiro atoms. The van der Waals surface area contributed by atoms with Gasteiger partial charge in [0.2, 0.25) is 0 Å². The summed E-state index contributed by atoms with van der Waals surface area (Å²) >= 11 is 0. The maximum Gasteiger partial charge on any atom is 0.175 e. The van der Waals surface area contributed by atoms with Crippen LogP contribution in [-0.2, 0) is 9.84 Å². The van der Waals surface area contributed by atoms with Crippen molar-refractivity contribution in [3.05, 3.63) is 42.5 Å². The fraction of sp³-hybridized carbons (Fsp3) is 0.143. The van der Waals surface area contributed by atoms with E-state index in [-0.39, 0.29) is 4.90 Å². The molecular formula is C14H16N2O3S. The van der Waals surface area contributed by atoms with Crippen molar-refractivity contribution in [3.8, 4) is 5.75 Å². The van der Waals surface area contributed by atoms with Gasteiger partial charge in [-0.25, -0.2) is 8.42 Å². The number of anilines is 3. The quantitative estimate of drug-likeness (QED) is 0.846. The van der Waals surface area contributed by atoms with Gasteiger partial charge >= 0.3 is 0 Å². The Morgan fingerprint density at radius 1 is 1.05 bits per heavy atom. The highest BCUT2D eigenvalue weighted by Gasteiger charge is 2.06. The predicted octanol–water partition coefficient (Wildman–Crippen LogP) is 2.42. The van der Waals surface area contributed by atoms with Gasteiger partial charge in [-0.3, -0.25) is 0 Å². The van der Waals surface area contributed by atoms with Crippen molar-refractivity contribution in [1.29, 1.82) is 0 Å². The minimum atomic E-state index is -3.18. The monoisotopic (exact) mass is 292 g/mol. The molecule has 0 heterocycles. The third-order valence-electron chi connectivity index (χ3n) is 2.74. The average molecular weight is 292 g/mol. The molecule has 0 saturated heterocycles. The number of hydrogen-bond acceptors (Lipinski definition) is 5. The molecule has 3 N–H and O–H groups in total. The molecule has 0 radical (unpaired) electrons. The third-order valence-corrected chi connectivity index (χ3v) is 3.86. The van der Waals surface area contributed by atoms with Gasteiger partial charge < -0.3 is 15.8 Å². The second kappa shape index (κ2) is 5.42. The highest BCUT2D eigenvalue weighted by Crippen LogP contribution is 2.25. The summed E-state index contributed by atoms with van der Waals surface area (Å²) in [6.45, 7) is 0. The minimum Gasteiger partial charge on any atom is -0.497 e. The van der Waals surface area contributed by atoms with E-state index in [1.54, 1.807) is 49.6 Å². The predicted molar refractivity (Wildman–Crippen MR) is 80.2 cm³/mol.